The first-order valence-electron chi connectivity index (χ1n) is 6.30. The summed E-state index contributed by atoms with van der Waals surface area (Å²) in [6, 6.07) is 0. The van der Waals surface area contributed by atoms with Crippen LogP contribution in [0.3, 0.4) is 0 Å². The van der Waals surface area contributed by atoms with Crippen LogP contribution in [0.4, 0.5) is 0 Å². The standard InChI is InChI=1S/C16H21N/c1-15(2)9-5-8-14-12-17-16(3,4)10-6-7-13(14)11-15/h7-8,10-12H,5,9H2,1-4H3. The lowest BCUT2D eigenvalue weighted by molar-refractivity contribution is 0.444. The maximum atomic E-state index is 4.62. The molecule has 0 fully saturated rings. The molecule has 0 aromatic carbocycles. The molecule has 0 aromatic rings. The number of fused-ring (bicyclic) bond motifs is 1. The fraction of sp³-hybridized carbons (Fsp3) is 0.500. The fourth-order valence-corrected chi connectivity index (χ4v) is 2.15. The molecule has 2 aliphatic rings. The number of allylic oxidation sites excluding steroid dienone is 4. The maximum Gasteiger partial charge on any atom is 0.0805 e. The third-order valence-electron chi connectivity index (χ3n) is 3.24. The van der Waals surface area contributed by atoms with Crippen molar-refractivity contribution < 1.29 is 0 Å². The van der Waals surface area contributed by atoms with Crippen LogP contribution in [0.25, 0.3) is 0 Å². The van der Waals surface area contributed by atoms with Gasteiger partial charge in [-0.15, -0.1) is 5.73 Å². The Morgan fingerprint density at radius 3 is 2.71 bits per heavy atom. The second kappa shape index (κ2) is 4.16. The van der Waals surface area contributed by atoms with Crippen molar-refractivity contribution in [2.24, 2.45) is 10.4 Å². The first-order valence-corrected chi connectivity index (χ1v) is 6.30. The lowest BCUT2D eigenvalue weighted by Gasteiger charge is -2.19. The molecule has 90 valence electrons. The summed E-state index contributed by atoms with van der Waals surface area (Å²) in [6.07, 6.45) is 13.1. The van der Waals surface area contributed by atoms with E-state index in [0.29, 0.717) is 0 Å². The summed E-state index contributed by atoms with van der Waals surface area (Å²) in [5.41, 5.74) is 5.87. The maximum absolute atomic E-state index is 4.62. The molecule has 0 saturated heterocycles. The van der Waals surface area contributed by atoms with Crippen molar-refractivity contribution >= 4 is 6.21 Å². The number of rotatable bonds is 0. The molecular formula is C16H21N. The van der Waals surface area contributed by atoms with Crippen LogP contribution >= 0.6 is 0 Å². The molecule has 0 N–H and O–H groups in total. The van der Waals surface area contributed by atoms with Crippen molar-refractivity contribution in [3.8, 4) is 0 Å². The van der Waals surface area contributed by atoms with Crippen LogP contribution in [-0.2, 0) is 0 Å². The summed E-state index contributed by atoms with van der Waals surface area (Å²) in [5, 5.41) is 0. The molecule has 1 heterocycles. The molecule has 2 rings (SSSR count). The Balaban J connectivity index is 2.50. The predicted octanol–water partition coefficient (Wildman–Crippen LogP) is 4.23. The Bertz CT molecular complexity index is 464. The smallest absolute Gasteiger partial charge is 0.0805 e. The molecule has 0 bridgehead atoms. The highest BCUT2D eigenvalue weighted by molar-refractivity contribution is 5.86. The highest BCUT2D eigenvalue weighted by Crippen LogP contribution is 2.32. The molecule has 0 radical (unpaired) electrons. The lowest BCUT2D eigenvalue weighted by atomic mass is 9.87. The monoisotopic (exact) mass is 227 g/mol. The van der Waals surface area contributed by atoms with Gasteiger partial charge in [0.2, 0.25) is 0 Å². The second-order valence-corrected chi connectivity index (χ2v) is 6.15. The Labute approximate surface area is 104 Å². The van der Waals surface area contributed by atoms with Gasteiger partial charge in [-0.05, 0) is 55.4 Å². The average molecular weight is 227 g/mol. The fourth-order valence-electron chi connectivity index (χ4n) is 2.15. The van der Waals surface area contributed by atoms with Gasteiger partial charge in [0.05, 0.1) is 5.54 Å². The Morgan fingerprint density at radius 2 is 1.94 bits per heavy atom. The zero-order chi connectivity index (χ0) is 12.5. The van der Waals surface area contributed by atoms with E-state index in [1.807, 2.05) is 12.3 Å². The Kier molecular flexibility index (Phi) is 2.97. The van der Waals surface area contributed by atoms with Gasteiger partial charge in [0, 0.05) is 6.21 Å². The molecule has 1 heteroatoms. The summed E-state index contributed by atoms with van der Waals surface area (Å²) in [4.78, 5) is 4.62. The van der Waals surface area contributed by atoms with E-state index in [0.717, 1.165) is 6.42 Å². The average Bonchev–Trinajstić information content (AvgIpc) is 2.32. The summed E-state index contributed by atoms with van der Waals surface area (Å²) in [5.74, 6) is 0. The third kappa shape index (κ3) is 3.08. The van der Waals surface area contributed by atoms with E-state index < -0.39 is 0 Å². The van der Waals surface area contributed by atoms with Crippen LogP contribution in [0.1, 0.15) is 40.5 Å². The Hall–Kier alpha value is -1.33. The van der Waals surface area contributed by atoms with Gasteiger partial charge in [-0.3, -0.25) is 4.99 Å². The zero-order valence-corrected chi connectivity index (χ0v) is 11.2. The van der Waals surface area contributed by atoms with E-state index in [-0.39, 0.29) is 11.0 Å². The normalized spacial score (nSPS) is 25.2. The van der Waals surface area contributed by atoms with Gasteiger partial charge in [0.15, 0.2) is 0 Å². The molecule has 0 saturated carbocycles. The van der Waals surface area contributed by atoms with E-state index in [1.54, 1.807) is 0 Å². The van der Waals surface area contributed by atoms with Crippen LogP contribution in [0.2, 0.25) is 0 Å². The van der Waals surface area contributed by atoms with Crippen LogP contribution in [0.15, 0.2) is 46.2 Å². The van der Waals surface area contributed by atoms with Crippen LogP contribution in [-0.4, -0.2) is 11.8 Å². The van der Waals surface area contributed by atoms with E-state index in [9.17, 15) is 0 Å². The summed E-state index contributed by atoms with van der Waals surface area (Å²) < 4.78 is 0. The molecule has 0 aromatic heterocycles. The lowest BCUT2D eigenvalue weighted by Crippen LogP contribution is -2.13. The van der Waals surface area contributed by atoms with Gasteiger partial charge in [0.1, 0.15) is 0 Å². The molecular weight excluding hydrogens is 206 g/mol. The van der Waals surface area contributed by atoms with Crippen LogP contribution in [0.5, 0.6) is 0 Å². The third-order valence-corrected chi connectivity index (χ3v) is 3.24. The van der Waals surface area contributed by atoms with Gasteiger partial charge in [0.25, 0.3) is 0 Å². The number of aliphatic imine (C=N–C) groups is 1. The minimum atomic E-state index is -0.148. The number of hydrogen-bond donors (Lipinski definition) is 0. The molecule has 0 spiro atoms. The zero-order valence-electron chi connectivity index (χ0n) is 11.2. The molecule has 1 nitrogen and oxygen atoms in total. The van der Waals surface area contributed by atoms with Gasteiger partial charge < -0.3 is 0 Å². The second-order valence-electron chi connectivity index (χ2n) is 6.15. The molecule has 1 aliphatic heterocycles. The predicted molar refractivity (Wildman–Crippen MR) is 74.4 cm³/mol. The largest absolute Gasteiger partial charge is 0.282 e. The van der Waals surface area contributed by atoms with Crippen molar-refractivity contribution in [1.29, 1.82) is 0 Å². The van der Waals surface area contributed by atoms with Gasteiger partial charge in [-0.25, -0.2) is 0 Å². The van der Waals surface area contributed by atoms with Gasteiger partial charge in [-0.1, -0.05) is 26.0 Å². The van der Waals surface area contributed by atoms with Crippen molar-refractivity contribution in [3.05, 3.63) is 41.2 Å². The summed E-state index contributed by atoms with van der Waals surface area (Å²) >= 11 is 0. The molecule has 0 amide bonds. The van der Waals surface area contributed by atoms with Gasteiger partial charge in [-0.2, -0.15) is 0 Å². The summed E-state index contributed by atoms with van der Waals surface area (Å²) in [6.45, 7) is 8.77. The van der Waals surface area contributed by atoms with Crippen molar-refractivity contribution in [2.75, 3.05) is 0 Å². The number of nitrogens with zero attached hydrogens (tertiary/aromatic N) is 1. The quantitative estimate of drug-likeness (QED) is 0.549. The van der Waals surface area contributed by atoms with E-state index in [1.165, 1.54) is 17.6 Å². The topological polar surface area (TPSA) is 12.4 Å². The first-order chi connectivity index (χ1) is 7.88. The highest BCUT2D eigenvalue weighted by atomic mass is 14.8. The molecule has 17 heavy (non-hydrogen) atoms. The molecule has 0 unspecified atom stereocenters. The minimum absolute atomic E-state index is 0.148. The highest BCUT2D eigenvalue weighted by Gasteiger charge is 2.20. The van der Waals surface area contributed by atoms with E-state index >= 15 is 0 Å². The van der Waals surface area contributed by atoms with Crippen molar-refractivity contribution in [1.82, 2.24) is 0 Å². The van der Waals surface area contributed by atoms with E-state index in [4.69, 9.17) is 0 Å². The molecule has 1 aliphatic carbocycles. The van der Waals surface area contributed by atoms with Gasteiger partial charge >= 0.3 is 0 Å². The van der Waals surface area contributed by atoms with Crippen molar-refractivity contribution in [2.45, 2.75) is 46.1 Å². The van der Waals surface area contributed by atoms with E-state index in [2.05, 4.69) is 56.6 Å². The van der Waals surface area contributed by atoms with Crippen molar-refractivity contribution in [3.63, 3.8) is 0 Å². The van der Waals surface area contributed by atoms with Crippen LogP contribution in [0, 0.1) is 5.41 Å². The SMILES string of the molecule is CC1(C)C=C2C=C=CC(C)(C)N=CC2=CCC1. The first kappa shape index (κ1) is 12.1. The Morgan fingerprint density at radius 1 is 1.18 bits per heavy atom. The summed E-state index contributed by atoms with van der Waals surface area (Å²) in [7, 11) is 0. The number of hydrogen-bond acceptors (Lipinski definition) is 1. The minimum Gasteiger partial charge on any atom is -0.282 e. The van der Waals surface area contributed by atoms with Crippen LogP contribution < -0.4 is 0 Å². The molecule has 0 atom stereocenters.